The third-order valence-corrected chi connectivity index (χ3v) is 4.63. The number of rotatable bonds is 5. The summed E-state index contributed by atoms with van der Waals surface area (Å²) in [6.45, 7) is 1.86. The number of amides is 1. The summed E-state index contributed by atoms with van der Waals surface area (Å²) >= 11 is 6.36. The van der Waals surface area contributed by atoms with Crippen molar-refractivity contribution in [2.75, 3.05) is 0 Å². The number of hydrogen-bond acceptors (Lipinski definition) is 5. The zero-order valence-electron chi connectivity index (χ0n) is 14.9. The highest BCUT2D eigenvalue weighted by Crippen LogP contribution is 2.30. The van der Waals surface area contributed by atoms with Crippen LogP contribution in [0, 0.1) is 0 Å². The minimum absolute atomic E-state index is 0.243. The van der Waals surface area contributed by atoms with E-state index in [1.807, 2.05) is 37.3 Å². The summed E-state index contributed by atoms with van der Waals surface area (Å²) in [4.78, 5) is 12.9. The lowest BCUT2D eigenvalue weighted by atomic mass is 10.0. The minimum Gasteiger partial charge on any atom is -0.467 e. The van der Waals surface area contributed by atoms with Crippen molar-refractivity contribution in [3.63, 3.8) is 0 Å². The molecule has 28 heavy (non-hydrogen) atoms. The molecule has 1 atom stereocenters. The largest absolute Gasteiger partial charge is 0.467 e. The number of carbonyl (C=O) groups is 1. The van der Waals surface area contributed by atoms with E-state index in [2.05, 4.69) is 20.8 Å². The molecule has 0 spiro atoms. The molecule has 0 saturated carbocycles. The monoisotopic (exact) mass is 393 g/mol. The average molecular weight is 394 g/mol. The van der Waals surface area contributed by atoms with Gasteiger partial charge >= 0.3 is 0 Å². The van der Waals surface area contributed by atoms with Gasteiger partial charge in [0.15, 0.2) is 0 Å². The van der Waals surface area contributed by atoms with Crippen molar-refractivity contribution >= 4 is 17.5 Å². The molecule has 1 N–H and O–H groups in total. The smallest absolute Gasteiger partial charge is 0.251 e. The first-order chi connectivity index (χ1) is 13.6. The Morgan fingerprint density at radius 2 is 2.04 bits per heavy atom. The third-order valence-electron chi connectivity index (χ3n) is 4.30. The molecule has 7 nitrogen and oxygen atoms in total. The molecule has 8 heteroatoms. The number of tetrazole rings is 1. The first kappa shape index (κ1) is 17.9. The SMILES string of the molecule is CC(NC(=O)c1cc(-c2ccccc2Cl)cc(-n2cnnn2)c1)c1ccco1. The lowest BCUT2D eigenvalue weighted by molar-refractivity contribution is 0.0935. The Morgan fingerprint density at radius 3 is 2.75 bits per heavy atom. The van der Waals surface area contributed by atoms with E-state index in [0.29, 0.717) is 22.0 Å². The van der Waals surface area contributed by atoms with Gasteiger partial charge in [-0.2, -0.15) is 0 Å². The molecule has 0 aliphatic heterocycles. The highest BCUT2D eigenvalue weighted by Gasteiger charge is 2.16. The summed E-state index contributed by atoms with van der Waals surface area (Å²) in [5, 5.41) is 14.8. The van der Waals surface area contributed by atoms with E-state index in [4.69, 9.17) is 16.0 Å². The van der Waals surface area contributed by atoms with Gasteiger partial charge in [-0.3, -0.25) is 4.79 Å². The molecule has 0 aliphatic carbocycles. The molecule has 1 unspecified atom stereocenters. The van der Waals surface area contributed by atoms with Crippen LogP contribution in [0.2, 0.25) is 5.02 Å². The fraction of sp³-hybridized carbons (Fsp3) is 0.100. The standard InChI is InChI=1S/C20H16ClN5O2/c1-13(19-7-4-8-28-19)23-20(27)15-9-14(17-5-2-3-6-18(17)21)10-16(11-15)26-12-22-24-25-26/h2-13H,1H3,(H,23,27). The number of aromatic nitrogens is 4. The number of nitrogens with one attached hydrogen (secondary N) is 1. The molecule has 4 rings (SSSR count). The van der Waals surface area contributed by atoms with Crippen LogP contribution in [-0.2, 0) is 0 Å². The summed E-state index contributed by atoms with van der Waals surface area (Å²) < 4.78 is 6.85. The summed E-state index contributed by atoms with van der Waals surface area (Å²) in [7, 11) is 0. The van der Waals surface area contributed by atoms with Gasteiger partial charge in [0.1, 0.15) is 12.1 Å². The van der Waals surface area contributed by atoms with Crippen LogP contribution in [0.5, 0.6) is 0 Å². The Morgan fingerprint density at radius 1 is 1.18 bits per heavy atom. The van der Waals surface area contributed by atoms with Crippen molar-refractivity contribution in [3.8, 4) is 16.8 Å². The summed E-state index contributed by atoms with van der Waals surface area (Å²) in [6, 6.07) is 16.2. The molecule has 0 fully saturated rings. The molecule has 2 heterocycles. The minimum atomic E-state index is -0.275. The first-order valence-corrected chi connectivity index (χ1v) is 8.97. The van der Waals surface area contributed by atoms with Crippen LogP contribution in [-0.4, -0.2) is 26.1 Å². The number of halogens is 1. The highest BCUT2D eigenvalue weighted by molar-refractivity contribution is 6.33. The number of furan rings is 1. The Labute approximate surface area is 165 Å². The maximum Gasteiger partial charge on any atom is 0.251 e. The molecule has 2 aromatic heterocycles. The Balaban J connectivity index is 1.74. The number of benzene rings is 2. The Bertz CT molecular complexity index is 1090. The second kappa shape index (κ2) is 7.66. The van der Waals surface area contributed by atoms with E-state index in [1.54, 1.807) is 30.5 Å². The second-order valence-electron chi connectivity index (χ2n) is 6.21. The predicted molar refractivity (Wildman–Crippen MR) is 104 cm³/mol. The van der Waals surface area contributed by atoms with Gasteiger partial charge in [0.25, 0.3) is 5.91 Å². The number of nitrogens with zero attached hydrogens (tertiary/aromatic N) is 4. The van der Waals surface area contributed by atoms with Gasteiger partial charge in [-0.05, 0) is 59.3 Å². The lowest BCUT2D eigenvalue weighted by Crippen LogP contribution is -2.26. The molecule has 0 saturated heterocycles. The Kier molecular flexibility index (Phi) is 4.90. The van der Waals surface area contributed by atoms with E-state index in [0.717, 1.165) is 11.1 Å². The fourth-order valence-electron chi connectivity index (χ4n) is 2.89. The van der Waals surface area contributed by atoms with Crippen LogP contribution < -0.4 is 5.32 Å². The summed E-state index contributed by atoms with van der Waals surface area (Å²) in [6.07, 6.45) is 3.05. The lowest BCUT2D eigenvalue weighted by Gasteiger charge is -2.14. The van der Waals surface area contributed by atoms with Gasteiger partial charge in [-0.15, -0.1) is 5.10 Å². The molecule has 140 valence electrons. The molecular weight excluding hydrogens is 378 g/mol. The van der Waals surface area contributed by atoms with Gasteiger partial charge in [-0.25, -0.2) is 4.68 Å². The van der Waals surface area contributed by atoms with Gasteiger partial charge in [0, 0.05) is 16.1 Å². The van der Waals surface area contributed by atoms with Gasteiger partial charge < -0.3 is 9.73 Å². The van der Waals surface area contributed by atoms with Crippen molar-refractivity contribution < 1.29 is 9.21 Å². The fourth-order valence-corrected chi connectivity index (χ4v) is 3.14. The number of carbonyl (C=O) groups excluding carboxylic acids is 1. The van der Waals surface area contributed by atoms with Crippen LogP contribution in [0.1, 0.15) is 29.1 Å². The molecule has 0 radical (unpaired) electrons. The third kappa shape index (κ3) is 3.65. The zero-order valence-corrected chi connectivity index (χ0v) is 15.7. The predicted octanol–water partition coefficient (Wildman–Crippen LogP) is 4.07. The summed E-state index contributed by atoms with van der Waals surface area (Å²) in [5.74, 6) is 0.434. The van der Waals surface area contributed by atoms with E-state index in [9.17, 15) is 4.79 Å². The van der Waals surface area contributed by atoms with Crippen LogP contribution in [0.4, 0.5) is 0 Å². The van der Waals surface area contributed by atoms with Crippen molar-refractivity contribution in [1.29, 1.82) is 0 Å². The molecule has 1 amide bonds. The quantitative estimate of drug-likeness (QED) is 0.552. The van der Waals surface area contributed by atoms with Crippen molar-refractivity contribution in [2.45, 2.75) is 13.0 Å². The second-order valence-corrected chi connectivity index (χ2v) is 6.62. The van der Waals surface area contributed by atoms with Gasteiger partial charge in [0.2, 0.25) is 0 Å². The van der Waals surface area contributed by atoms with E-state index in [-0.39, 0.29) is 11.9 Å². The Hall–Kier alpha value is -3.45. The van der Waals surface area contributed by atoms with Crippen LogP contribution in [0.25, 0.3) is 16.8 Å². The van der Waals surface area contributed by atoms with E-state index in [1.165, 1.54) is 11.0 Å². The van der Waals surface area contributed by atoms with Crippen LogP contribution >= 0.6 is 11.6 Å². The van der Waals surface area contributed by atoms with Crippen molar-refractivity contribution in [2.24, 2.45) is 0 Å². The normalized spacial score (nSPS) is 11.9. The highest BCUT2D eigenvalue weighted by atomic mass is 35.5. The molecule has 0 bridgehead atoms. The maximum atomic E-state index is 12.9. The van der Waals surface area contributed by atoms with Crippen molar-refractivity contribution in [1.82, 2.24) is 25.5 Å². The number of hydrogen-bond donors (Lipinski definition) is 1. The first-order valence-electron chi connectivity index (χ1n) is 8.59. The molecule has 2 aromatic carbocycles. The van der Waals surface area contributed by atoms with Crippen LogP contribution in [0.15, 0.2) is 71.6 Å². The molecule has 0 aliphatic rings. The average Bonchev–Trinajstić information content (AvgIpc) is 3.42. The maximum absolute atomic E-state index is 12.9. The van der Waals surface area contributed by atoms with E-state index < -0.39 is 0 Å². The van der Waals surface area contributed by atoms with Crippen molar-refractivity contribution in [3.05, 3.63) is 83.5 Å². The van der Waals surface area contributed by atoms with E-state index >= 15 is 0 Å². The van der Waals surface area contributed by atoms with Crippen LogP contribution in [0.3, 0.4) is 0 Å². The zero-order chi connectivity index (χ0) is 19.5. The topological polar surface area (TPSA) is 85.8 Å². The summed E-state index contributed by atoms with van der Waals surface area (Å²) in [5.41, 5.74) is 2.71. The van der Waals surface area contributed by atoms with Gasteiger partial charge in [-0.1, -0.05) is 29.8 Å². The molecule has 4 aromatic rings. The molecular formula is C20H16ClN5O2. The van der Waals surface area contributed by atoms with Gasteiger partial charge in [0.05, 0.1) is 18.0 Å².